The summed E-state index contributed by atoms with van der Waals surface area (Å²) in [6.07, 6.45) is 16.0. The maximum atomic E-state index is 4.52. The van der Waals surface area contributed by atoms with Gasteiger partial charge in [0.05, 0.1) is 0 Å². The predicted molar refractivity (Wildman–Crippen MR) is 67.7 cm³/mol. The van der Waals surface area contributed by atoms with E-state index in [-0.39, 0.29) is 0 Å². The highest BCUT2D eigenvalue weighted by Gasteiger charge is 2.12. The normalized spacial score (nSPS) is 21.4. The van der Waals surface area contributed by atoms with Crippen molar-refractivity contribution >= 4 is 12.6 Å². The maximum Gasteiger partial charge on any atom is -0.0182 e. The molecule has 0 nitrogen and oxygen atoms in total. The van der Waals surface area contributed by atoms with Crippen LogP contribution in [0.4, 0.5) is 0 Å². The summed E-state index contributed by atoms with van der Waals surface area (Å²) < 4.78 is 0. The molecule has 1 saturated carbocycles. The van der Waals surface area contributed by atoms with Gasteiger partial charge in [0.2, 0.25) is 0 Å². The molecular formula is C13H22S. The van der Waals surface area contributed by atoms with Crippen molar-refractivity contribution in [2.24, 2.45) is 5.92 Å². The molecule has 0 saturated heterocycles. The SMILES string of the molecule is C/C=C\C=C(\S)CC1CCCCCC1. The van der Waals surface area contributed by atoms with E-state index >= 15 is 0 Å². The third-order valence-corrected chi connectivity index (χ3v) is 3.29. The Hall–Kier alpha value is -0.170. The van der Waals surface area contributed by atoms with Crippen molar-refractivity contribution in [2.75, 3.05) is 0 Å². The lowest BCUT2D eigenvalue weighted by Crippen LogP contribution is -1.98. The van der Waals surface area contributed by atoms with Crippen molar-refractivity contribution in [1.82, 2.24) is 0 Å². The fourth-order valence-corrected chi connectivity index (χ4v) is 2.48. The topological polar surface area (TPSA) is 0 Å². The first-order valence-corrected chi connectivity index (χ1v) is 6.28. The fraction of sp³-hybridized carbons (Fsp3) is 0.692. The van der Waals surface area contributed by atoms with Crippen LogP contribution in [0.5, 0.6) is 0 Å². The van der Waals surface area contributed by atoms with E-state index in [2.05, 4.69) is 30.9 Å². The number of hydrogen-bond acceptors (Lipinski definition) is 1. The molecule has 1 heteroatoms. The van der Waals surface area contributed by atoms with Gasteiger partial charge < -0.3 is 0 Å². The number of allylic oxidation sites excluding steroid dienone is 4. The van der Waals surface area contributed by atoms with Crippen molar-refractivity contribution < 1.29 is 0 Å². The Morgan fingerprint density at radius 2 is 1.86 bits per heavy atom. The van der Waals surface area contributed by atoms with Crippen LogP contribution in [0.15, 0.2) is 23.1 Å². The second-order valence-corrected chi connectivity index (χ2v) is 4.82. The number of thiol groups is 1. The monoisotopic (exact) mass is 210 g/mol. The van der Waals surface area contributed by atoms with Gasteiger partial charge in [-0.05, 0) is 24.2 Å². The lowest BCUT2D eigenvalue weighted by molar-refractivity contribution is 0.463. The Bertz CT molecular complexity index is 195. The van der Waals surface area contributed by atoms with Crippen molar-refractivity contribution in [3.05, 3.63) is 23.1 Å². The van der Waals surface area contributed by atoms with Crippen LogP contribution in [0, 0.1) is 5.92 Å². The van der Waals surface area contributed by atoms with Crippen LogP contribution in [-0.4, -0.2) is 0 Å². The third kappa shape index (κ3) is 4.90. The lowest BCUT2D eigenvalue weighted by atomic mass is 9.96. The van der Waals surface area contributed by atoms with Gasteiger partial charge in [0.25, 0.3) is 0 Å². The van der Waals surface area contributed by atoms with Crippen molar-refractivity contribution in [1.29, 1.82) is 0 Å². The Morgan fingerprint density at radius 1 is 1.21 bits per heavy atom. The third-order valence-electron chi connectivity index (χ3n) is 2.95. The minimum absolute atomic E-state index is 0.895. The van der Waals surface area contributed by atoms with Crippen LogP contribution in [0.3, 0.4) is 0 Å². The molecule has 0 spiro atoms. The zero-order valence-electron chi connectivity index (χ0n) is 9.21. The van der Waals surface area contributed by atoms with Gasteiger partial charge in [-0.1, -0.05) is 56.8 Å². The fourth-order valence-electron chi connectivity index (χ4n) is 2.14. The van der Waals surface area contributed by atoms with Gasteiger partial charge >= 0.3 is 0 Å². The Morgan fingerprint density at radius 3 is 2.43 bits per heavy atom. The molecule has 0 aliphatic heterocycles. The molecule has 1 aliphatic carbocycles. The Balaban J connectivity index is 2.33. The summed E-state index contributed by atoms with van der Waals surface area (Å²) in [6, 6.07) is 0. The van der Waals surface area contributed by atoms with Crippen LogP contribution >= 0.6 is 12.6 Å². The van der Waals surface area contributed by atoms with Crippen LogP contribution in [0.2, 0.25) is 0 Å². The molecule has 1 fully saturated rings. The molecule has 0 radical (unpaired) electrons. The molecule has 1 rings (SSSR count). The van der Waals surface area contributed by atoms with Gasteiger partial charge in [0.1, 0.15) is 0 Å². The van der Waals surface area contributed by atoms with E-state index in [4.69, 9.17) is 0 Å². The highest BCUT2D eigenvalue weighted by molar-refractivity contribution is 7.84. The molecule has 0 aromatic carbocycles. The number of rotatable bonds is 3. The van der Waals surface area contributed by atoms with E-state index in [1.165, 1.54) is 49.9 Å². The highest BCUT2D eigenvalue weighted by Crippen LogP contribution is 2.28. The summed E-state index contributed by atoms with van der Waals surface area (Å²) >= 11 is 4.52. The highest BCUT2D eigenvalue weighted by atomic mass is 32.1. The standard InChI is InChI=1S/C13H22S/c1-2-3-10-13(14)11-12-8-6-4-5-7-9-12/h2-3,10,12,14H,4-9,11H2,1H3/b3-2-,13-10+. The zero-order valence-corrected chi connectivity index (χ0v) is 10.1. The first-order chi connectivity index (χ1) is 6.83. The van der Waals surface area contributed by atoms with Gasteiger partial charge in [-0.15, -0.1) is 12.6 Å². The molecule has 0 bridgehead atoms. The van der Waals surface area contributed by atoms with E-state index in [0.29, 0.717) is 0 Å². The summed E-state index contributed by atoms with van der Waals surface area (Å²) in [5.41, 5.74) is 0. The van der Waals surface area contributed by atoms with Crippen molar-refractivity contribution in [2.45, 2.75) is 51.9 Å². The minimum atomic E-state index is 0.895. The van der Waals surface area contributed by atoms with Gasteiger partial charge in [-0.2, -0.15) is 0 Å². The molecule has 0 aromatic rings. The summed E-state index contributed by atoms with van der Waals surface area (Å²) in [5, 5.41) is 0. The average molecular weight is 210 g/mol. The predicted octanol–water partition coefficient (Wildman–Crippen LogP) is 4.74. The van der Waals surface area contributed by atoms with Gasteiger partial charge in [-0.25, -0.2) is 0 Å². The second kappa shape index (κ2) is 7.17. The largest absolute Gasteiger partial charge is 0.148 e. The average Bonchev–Trinajstić information content (AvgIpc) is 2.43. The minimum Gasteiger partial charge on any atom is -0.148 e. The molecule has 0 heterocycles. The summed E-state index contributed by atoms with van der Waals surface area (Å²) in [5.74, 6) is 0.895. The van der Waals surface area contributed by atoms with Crippen LogP contribution < -0.4 is 0 Å². The van der Waals surface area contributed by atoms with Crippen LogP contribution in [-0.2, 0) is 0 Å². The molecule has 0 unspecified atom stereocenters. The van der Waals surface area contributed by atoms with E-state index in [1.54, 1.807) is 0 Å². The van der Waals surface area contributed by atoms with Gasteiger partial charge in [-0.3, -0.25) is 0 Å². The zero-order chi connectivity index (χ0) is 10.2. The molecule has 0 N–H and O–H groups in total. The first kappa shape index (κ1) is 11.9. The van der Waals surface area contributed by atoms with E-state index in [0.717, 1.165) is 5.92 Å². The Labute approximate surface area is 93.9 Å². The molecule has 1 aliphatic rings. The van der Waals surface area contributed by atoms with Gasteiger partial charge in [0, 0.05) is 0 Å². The smallest absolute Gasteiger partial charge is 0.0182 e. The van der Waals surface area contributed by atoms with Crippen molar-refractivity contribution in [3.8, 4) is 0 Å². The molecule has 80 valence electrons. The summed E-state index contributed by atoms with van der Waals surface area (Å²) in [6.45, 7) is 2.04. The Kier molecular flexibility index (Phi) is 6.09. The summed E-state index contributed by atoms with van der Waals surface area (Å²) in [7, 11) is 0. The van der Waals surface area contributed by atoms with E-state index < -0.39 is 0 Å². The summed E-state index contributed by atoms with van der Waals surface area (Å²) in [4.78, 5) is 1.25. The molecular weight excluding hydrogens is 188 g/mol. The lowest BCUT2D eigenvalue weighted by Gasteiger charge is -2.12. The van der Waals surface area contributed by atoms with Crippen LogP contribution in [0.25, 0.3) is 0 Å². The van der Waals surface area contributed by atoms with Crippen LogP contribution in [0.1, 0.15) is 51.9 Å². The molecule has 14 heavy (non-hydrogen) atoms. The maximum absolute atomic E-state index is 4.52. The quantitative estimate of drug-likeness (QED) is 0.388. The first-order valence-electron chi connectivity index (χ1n) is 5.83. The van der Waals surface area contributed by atoms with E-state index in [1.807, 2.05) is 6.92 Å². The molecule has 0 aromatic heterocycles. The molecule has 0 atom stereocenters. The molecule has 0 amide bonds. The number of hydrogen-bond donors (Lipinski definition) is 1. The van der Waals surface area contributed by atoms with E-state index in [9.17, 15) is 0 Å². The van der Waals surface area contributed by atoms with Crippen molar-refractivity contribution in [3.63, 3.8) is 0 Å². The second-order valence-electron chi connectivity index (χ2n) is 4.25. The van der Waals surface area contributed by atoms with Gasteiger partial charge in [0.15, 0.2) is 0 Å².